The average Bonchev–Trinajstić information content (AvgIpc) is 3.34. The monoisotopic (exact) mass is 380 g/mol. The summed E-state index contributed by atoms with van der Waals surface area (Å²) in [6.45, 7) is 0.360. The Bertz CT molecular complexity index is 1110. The molecule has 136 valence electrons. The molecule has 0 unspecified atom stereocenters. The van der Waals surface area contributed by atoms with Crippen LogP contribution in [0.4, 0.5) is 0 Å². The molecular weight excluding hydrogens is 364 g/mol. The van der Waals surface area contributed by atoms with Gasteiger partial charge in [0.05, 0.1) is 4.88 Å². The van der Waals surface area contributed by atoms with Gasteiger partial charge in [-0.1, -0.05) is 24.3 Å². The number of hydrogen-bond acceptors (Lipinski definition) is 6. The molecule has 3 aromatic heterocycles. The SMILES string of the molecule is O=C(NCCc1c[nH]c2ccccc12)c1nc(-c2cccs2)nc(O)c1O. The summed E-state index contributed by atoms with van der Waals surface area (Å²) < 4.78 is 0. The van der Waals surface area contributed by atoms with Crippen LogP contribution in [0.3, 0.4) is 0 Å². The van der Waals surface area contributed by atoms with E-state index >= 15 is 0 Å². The highest BCUT2D eigenvalue weighted by Crippen LogP contribution is 2.30. The van der Waals surface area contributed by atoms with E-state index in [0.717, 1.165) is 16.5 Å². The number of fused-ring (bicyclic) bond motifs is 1. The fraction of sp³-hybridized carbons (Fsp3) is 0.105. The van der Waals surface area contributed by atoms with E-state index in [-0.39, 0.29) is 11.5 Å². The second-order valence-electron chi connectivity index (χ2n) is 5.91. The van der Waals surface area contributed by atoms with Crippen LogP contribution < -0.4 is 5.32 Å². The van der Waals surface area contributed by atoms with Crippen molar-refractivity contribution in [3.05, 3.63) is 59.2 Å². The van der Waals surface area contributed by atoms with Crippen molar-refractivity contribution < 1.29 is 15.0 Å². The van der Waals surface area contributed by atoms with Crippen LogP contribution in [0.1, 0.15) is 16.1 Å². The van der Waals surface area contributed by atoms with Crippen LogP contribution in [0.15, 0.2) is 48.0 Å². The molecule has 7 nitrogen and oxygen atoms in total. The van der Waals surface area contributed by atoms with Crippen molar-refractivity contribution in [1.82, 2.24) is 20.3 Å². The normalized spacial score (nSPS) is 11.0. The van der Waals surface area contributed by atoms with Crippen molar-refractivity contribution in [3.8, 4) is 22.3 Å². The minimum atomic E-state index is -0.625. The number of nitrogens with one attached hydrogen (secondary N) is 2. The number of H-pyrrole nitrogens is 1. The molecule has 0 radical (unpaired) electrons. The van der Waals surface area contributed by atoms with E-state index in [4.69, 9.17) is 0 Å². The molecule has 0 atom stereocenters. The predicted molar refractivity (Wildman–Crippen MR) is 103 cm³/mol. The minimum Gasteiger partial charge on any atom is -0.501 e. The summed E-state index contributed by atoms with van der Waals surface area (Å²) >= 11 is 1.38. The second kappa shape index (κ2) is 7.08. The van der Waals surface area contributed by atoms with E-state index < -0.39 is 17.5 Å². The summed E-state index contributed by atoms with van der Waals surface area (Å²) in [4.78, 5) is 24.3. The van der Waals surface area contributed by atoms with Crippen molar-refractivity contribution in [2.75, 3.05) is 6.54 Å². The van der Waals surface area contributed by atoms with E-state index in [1.807, 2.05) is 41.9 Å². The molecule has 27 heavy (non-hydrogen) atoms. The zero-order chi connectivity index (χ0) is 18.8. The summed E-state index contributed by atoms with van der Waals surface area (Å²) in [5, 5.41) is 25.5. The van der Waals surface area contributed by atoms with Crippen molar-refractivity contribution in [2.24, 2.45) is 0 Å². The number of rotatable bonds is 5. The Morgan fingerprint density at radius 3 is 2.81 bits per heavy atom. The van der Waals surface area contributed by atoms with Crippen LogP contribution in [-0.2, 0) is 6.42 Å². The van der Waals surface area contributed by atoms with Gasteiger partial charge in [0.15, 0.2) is 11.5 Å². The van der Waals surface area contributed by atoms with Gasteiger partial charge in [0.2, 0.25) is 5.75 Å². The number of para-hydroxylation sites is 1. The van der Waals surface area contributed by atoms with Crippen molar-refractivity contribution >= 4 is 28.1 Å². The number of aromatic amines is 1. The molecule has 0 fully saturated rings. The first-order valence-electron chi connectivity index (χ1n) is 8.30. The third-order valence-corrected chi connectivity index (χ3v) is 5.04. The molecule has 4 N–H and O–H groups in total. The third-order valence-electron chi connectivity index (χ3n) is 4.18. The zero-order valence-corrected chi connectivity index (χ0v) is 15.0. The lowest BCUT2D eigenvalue weighted by molar-refractivity contribution is 0.0945. The van der Waals surface area contributed by atoms with Gasteiger partial charge >= 0.3 is 0 Å². The number of aromatic nitrogens is 3. The zero-order valence-electron chi connectivity index (χ0n) is 14.1. The summed E-state index contributed by atoms with van der Waals surface area (Å²) in [6.07, 6.45) is 2.53. The van der Waals surface area contributed by atoms with Crippen LogP contribution in [0.5, 0.6) is 11.6 Å². The van der Waals surface area contributed by atoms with Gasteiger partial charge in [0, 0.05) is 23.6 Å². The van der Waals surface area contributed by atoms with Gasteiger partial charge in [0.1, 0.15) is 0 Å². The van der Waals surface area contributed by atoms with Gasteiger partial charge < -0.3 is 20.5 Å². The minimum absolute atomic E-state index is 0.196. The van der Waals surface area contributed by atoms with Crippen molar-refractivity contribution in [2.45, 2.75) is 6.42 Å². The summed E-state index contributed by atoms with van der Waals surface area (Å²) in [6, 6.07) is 11.5. The molecule has 0 saturated carbocycles. The molecule has 0 spiro atoms. The van der Waals surface area contributed by atoms with Crippen LogP contribution in [0, 0.1) is 0 Å². The summed E-state index contributed by atoms with van der Waals surface area (Å²) in [7, 11) is 0. The third kappa shape index (κ3) is 3.34. The van der Waals surface area contributed by atoms with Gasteiger partial charge in [-0.05, 0) is 29.5 Å². The lowest BCUT2D eigenvalue weighted by Crippen LogP contribution is -2.27. The van der Waals surface area contributed by atoms with Gasteiger partial charge in [0.25, 0.3) is 11.8 Å². The number of benzene rings is 1. The van der Waals surface area contributed by atoms with Crippen molar-refractivity contribution in [1.29, 1.82) is 0 Å². The maximum Gasteiger partial charge on any atom is 0.274 e. The summed E-state index contributed by atoms with van der Waals surface area (Å²) in [5.74, 6) is -1.61. The van der Waals surface area contributed by atoms with Crippen molar-refractivity contribution in [3.63, 3.8) is 0 Å². The van der Waals surface area contributed by atoms with Crippen LogP contribution in [0.2, 0.25) is 0 Å². The molecule has 3 heterocycles. The predicted octanol–water partition coefficient (Wildman–Crippen LogP) is 3.07. The molecule has 1 amide bonds. The molecule has 1 aromatic carbocycles. The Hall–Kier alpha value is -3.39. The Morgan fingerprint density at radius 2 is 2.00 bits per heavy atom. The van der Waals surface area contributed by atoms with Crippen LogP contribution in [-0.4, -0.2) is 37.6 Å². The lowest BCUT2D eigenvalue weighted by Gasteiger charge is -2.08. The van der Waals surface area contributed by atoms with E-state index in [0.29, 0.717) is 17.8 Å². The number of nitrogens with zero attached hydrogens (tertiary/aromatic N) is 2. The topological polar surface area (TPSA) is 111 Å². The highest BCUT2D eigenvalue weighted by molar-refractivity contribution is 7.13. The Morgan fingerprint density at radius 1 is 1.15 bits per heavy atom. The Kier molecular flexibility index (Phi) is 4.47. The molecule has 4 aromatic rings. The van der Waals surface area contributed by atoms with Crippen LogP contribution in [0.25, 0.3) is 21.6 Å². The molecule has 0 aliphatic carbocycles. The molecule has 0 aliphatic heterocycles. The van der Waals surface area contributed by atoms with Gasteiger partial charge in [-0.2, -0.15) is 4.98 Å². The first-order chi connectivity index (χ1) is 13.1. The molecule has 0 bridgehead atoms. The Labute approximate surface area is 158 Å². The standard InChI is InChI=1S/C19H16N4O3S/c24-16-15(22-17(23-19(16)26)14-6-3-9-27-14)18(25)20-8-7-11-10-21-13-5-2-1-4-12(11)13/h1-6,9-10,21,24H,7-8H2,(H,20,25)(H,22,23,26). The molecule has 0 saturated heterocycles. The number of carbonyl (C=O) groups is 1. The van der Waals surface area contributed by atoms with E-state index in [9.17, 15) is 15.0 Å². The molecule has 8 heteroatoms. The first-order valence-corrected chi connectivity index (χ1v) is 9.18. The highest BCUT2D eigenvalue weighted by Gasteiger charge is 2.20. The van der Waals surface area contributed by atoms with E-state index in [2.05, 4.69) is 20.3 Å². The quantitative estimate of drug-likeness (QED) is 0.425. The largest absolute Gasteiger partial charge is 0.501 e. The maximum absolute atomic E-state index is 12.5. The molecular formula is C19H16N4O3S. The number of hydrogen-bond donors (Lipinski definition) is 4. The summed E-state index contributed by atoms with van der Waals surface area (Å²) in [5.41, 5.74) is 1.88. The number of aromatic hydroxyl groups is 2. The highest BCUT2D eigenvalue weighted by atomic mass is 32.1. The van der Waals surface area contributed by atoms with Gasteiger partial charge in [-0.15, -0.1) is 11.3 Å². The number of amides is 1. The van der Waals surface area contributed by atoms with E-state index in [1.54, 1.807) is 6.07 Å². The average molecular weight is 380 g/mol. The molecule has 0 aliphatic rings. The lowest BCUT2D eigenvalue weighted by atomic mass is 10.1. The van der Waals surface area contributed by atoms with Crippen LogP contribution >= 0.6 is 11.3 Å². The fourth-order valence-corrected chi connectivity index (χ4v) is 3.51. The number of carbonyl (C=O) groups excluding carboxylic acids is 1. The first kappa shape index (κ1) is 17.0. The maximum atomic E-state index is 12.5. The van der Waals surface area contributed by atoms with Gasteiger partial charge in [-0.25, -0.2) is 4.98 Å². The Balaban J connectivity index is 1.50. The molecule has 4 rings (SSSR count). The van der Waals surface area contributed by atoms with Gasteiger partial charge in [-0.3, -0.25) is 4.79 Å². The second-order valence-corrected chi connectivity index (χ2v) is 6.86. The number of thiophene rings is 1. The van der Waals surface area contributed by atoms with E-state index in [1.165, 1.54) is 11.3 Å². The fourth-order valence-electron chi connectivity index (χ4n) is 2.85. The smallest absolute Gasteiger partial charge is 0.274 e.